The average molecular weight is 510 g/mol. The molecule has 0 saturated heterocycles. The molecule has 0 aliphatic carbocycles. The number of nitrogens with one attached hydrogen (secondary N) is 2. The number of hydrogen-bond donors (Lipinski definition) is 2. The van der Waals surface area contributed by atoms with Gasteiger partial charge in [0.2, 0.25) is 0 Å². The Morgan fingerprint density at radius 3 is 2.31 bits per heavy atom. The Morgan fingerprint density at radius 1 is 0.875 bits per heavy atom. The maximum atomic E-state index is 13.1. The van der Waals surface area contributed by atoms with E-state index in [2.05, 4.69) is 20.8 Å². The summed E-state index contributed by atoms with van der Waals surface area (Å²) in [6, 6.07) is 13.3. The van der Waals surface area contributed by atoms with E-state index in [4.69, 9.17) is 47.0 Å². The highest BCUT2D eigenvalue weighted by molar-refractivity contribution is 7.80. The summed E-state index contributed by atoms with van der Waals surface area (Å²) >= 11 is 24.1. The number of benzene rings is 2. The smallest absolute Gasteiger partial charge is 0.177 e. The molecule has 6 nitrogen and oxygen atoms in total. The first kappa shape index (κ1) is 22.5. The zero-order valence-electron chi connectivity index (χ0n) is 16.4. The van der Waals surface area contributed by atoms with Crippen LogP contribution in [0, 0.1) is 5.82 Å². The van der Waals surface area contributed by atoms with Crippen molar-refractivity contribution in [2.75, 3.05) is 10.6 Å². The Kier molecular flexibility index (Phi) is 6.95. The van der Waals surface area contributed by atoms with Crippen molar-refractivity contribution in [2.24, 2.45) is 0 Å². The Bertz CT molecular complexity index is 1230. The summed E-state index contributed by atoms with van der Waals surface area (Å²) in [7, 11) is 0. The molecule has 2 aromatic carbocycles. The largest absolute Gasteiger partial charge is 0.316 e. The normalized spacial score (nSPS) is 10.9. The molecule has 0 saturated carbocycles. The highest BCUT2D eigenvalue weighted by atomic mass is 35.5. The standard InChI is InChI=1S/C21H16Cl3FN6S/c22-16-2-1-3-17(23)15(16)11-30-9-8-19(28-30)26-21(32)27-20-18(24)12-31(29-20)10-13-4-6-14(25)7-5-13/h1-9,12H,10-11H2,(H2,26,27,28,29,32). The van der Waals surface area contributed by atoms with Crippen LogP contribution in [0.25, 0.3) is 0 Å². The first-order valence-corrected chi connectivity index (χ1v) is 10.9. The number of rotatable bonds is 6. The van der Waals surface area contributed by atoms with E-state index in [-0.39, 0.29) is 10.9 Å². The number of aromatic nitrogens is 4. The number of hydrogen-bond acceptors (Lipinski definition) is 3. The van der Waals surface area contributed by atoms with Gasteiger partial charge in [0.15, 0.2) is 16.7 Å². The van der Waals surface area contributed by atoms with Crippen molar-refractivity contribution < 1.29 is 4.39 Å². The van der Waals surface area contributed by atoms with Crippen molar-refractivity contribution in [1.82, 2.24) is 19.6 Å². The van der Waals surface area contributed by atoms with Crippen molar-refractivity contribution >= 4 is 63.8 Å². The topological polar surface area (TPSA) is 59.7 Å². The summed E-state index contributed by atoms with van der Waals surface area (Å²) in [5.74, 6) is 0.643. The monoisotopic (exact) mass is 508 g/mol. The van der Waals surface area contributed by atoms with Gasteiger partial charge in [0, 0.05) is 34.1 Å². The van der Waals surface area contributed by atoms with Crippen molar-refractivity contribution in [2.45, 2.75) is 13.1 Å². The van der Waals surface area contributed by atoms with Crippen molar-refractivity contribution in [3.8, 4) is 0 Å². The summed E-state index contributed by atoms with van der Waals surface area (Å²) in [5.41, 5.74) is 1.67. The maximum absolute atomic E-state index is 13.1. The number of thiocarbonyl (C=S) groups is 1. The molecule has 4 rings (SSSR count). The molecule has 0 spiro atoms. The minimum Gasteiger partial charge on any atom is -0.316 e. The van der Waals surface area contributed by atoms with Crippen LogP contribution in [0.1, 0.15) is 11.1 Å². The van der Waals surface area contributed by atoms with Gasteiger partial charge in [0.1, 0.15) is 10.8 Å². The van der Waals surface area contributed by atoms with Gasteiger partial charge >= 0.3 is 0 Å². The van der Waals surface area contributed by atoms with Crippen LogP contribution in [0.4, 0.5) is 16.0 Å². The molecule has 0 aliphatic heterocycles. The highest BCUT2D eigenvalue weighted by Gasteiger charge is 2.11. The van der Waals surface area contributed by atoms with E-state index < -0.39 is 0 Å². The number of anilines is 2. The van der Waals surface area contributed by atoms with E-state index >= 15 is 0 Å². The lowest BCUT2D eigenvalue weighted by Crippen LogP contribution is -2.20. The molecule has 4 aromatic rings. The Balaban J connectivity index is 1.37. The van der Waals surface area contributed by atoms with Crippen molar-refractivity contribution in [1.29, 1.82) is 0 Å². The number of nitrogens with zero attached hydrogens (tertiary/aromatic N) is 4. The number of halogens is 4. The van der Waals surface area contributed by atoms with Crippen LogP contribution in [0.15, 0.2) is 60.9 Å². The molecule has 2 N–H and O–H groups in total. The molecule has 164 valence electrons. The third-order valence-electron chi connectivity index (χ3n) is 4.47. The summed E-state index contributed by atoms with van der Waals surface area (Å²) in [5, 5.41) is 16.6. The molecule has 0 bridgehead atoms. The Labute approximate surface area is 203 Å². The van der Waals surface area contributed by atoms with Gasteiger partial charge in [-0.05, 0) is 42.0 Å². The molecule has 0 unspecified atom stereocenters. The quantitative estimate of drug-likeness (QED) is 0.308. The summed E-state index contributed by atoms with van der Waals surface area (Å²) in [6.07, 6.45) is 3.45. The maximum Gasteiger partial charge on any atom is 0.177 e. The van der Waals surface area contributed by atoms with Crippen LogP contribution < -0.4 is 10.6 Å². The van der Waals surface area contributed by atoms with Crippen LogP contribution in [-0.4, -0.2) is 24.7 Å². The van der Waals surface area contributed by atoms with E-state index in [9.17, 15) is 4.39 Å². The lowest BCUT2D eigenvalue weighted by molar-refractivity contribution is 0.624. The molecular weight excluding hydrogens is 494 g/mol. The lowest BCUT2D eigenvalue weighted by atomic mass is 10.2. The summed E-state index contributed by atoms with van der Waals surface area (Å²) < 4.78 is 16.4. The van der Waals surface area contributed by atoms with E-state index in [1.54, 1.807) is 58.2 Å². The minimum absolute atomic E-state index is 0.278. The van der Waals surface area contributed by atoms with E-state index in [1.165, 1.54) is 12.1 Å². The molecule has 11 heteroatoms. The lowest BCUT2D eigenvalue weighted by Gasteiger charge is -2.08. The van der Waals surface area contributed by atoms with Gasteiger partial charge in [0.25, 0.3) is 0 Å². The van der Waals surface area contributed by atoms with Gasteiger partial charge in [-0.25, -0.2) is 4.39 Å². The minimum atomic E-state index is -0.288. The van der Waals surface area contributed by atoms with Crippen LogP contribution in [0.2, 0.25) is 15.1 Å². The molecule has 2 aromatic heterocycles. The van der Waals surface area contributed by atoms with Crippen molar-refractivity contribution in [3.63, 3.8) is 0 Å². The highest BCUT2D eigenvalue weighted by Crippen LogP contribution is 2.25. The molecular formula is C21H16Cl3FN6S. The van der Waals surface area contributed by atoms with E-state index in [0.29, 0.717) is 39.8 Å². The Morgan fingerprint density at radius 2 is 1.59 bits per heavy atom. The van der Waals surface area contributed by atoms with Gasteiger partial charge < -0.3 is 10.6 Å². The predicted octanol–water partition coefficient (Wildman–Crippen LogP) is 6.08. The second-order valence-electron chi connectivity index (χ2n) is 6.83. The third kappa shape index (κ3) is 5.58. The summed E-state index contributed by atoms with van der Waals surface area (Å²) in [4.78, 5) is 0. The average Bonchev–Trinajstić information content (AvgIpc) is 3.32. The van der Waals surface area contributed by atoms with Gasteiger partial charge in [-0.2, -0.15) is 10.2 Å². The molecule has 0 aliphatic rings. The van der Waals surface area contributed by atoms with E-state index in [0.717, 1.165) is 11.1 Å². The molecule has 0 radical (unpaired) electrons. The van der Waals surface area contributed by atoms with Crippen LogP contribution in [-0.2, 0) is 13.1 Å². The van der Waals surface area contributed by atoms with Gasteiger partial charge in [-0.15, -0.1) is 0 Å². The van der Waals surface area contributed by atoms with E-state index in [1.807, 2.05) is 0 Å². The fourth-order valence-corrected chi connectivity index (χ4v) is 3.87. The molecule has 2 heterocycles. The molecule has 32 heavy (non-hydrogen) atoms. The fraction of sp³-hybridized carbons (Fsp3) is 0.0952. The first-order valence-electron chi connectivity index (χ1n) is 9.39. The third-order valence-corrected chi connectivity index (χ3v) is 5.66. The van der Waals surface area contributed by atoms with Crippen LogP contribution in [0.5, 0.6) is 0 Å². The fourth-order valence-electron chi connectivity index (χ4n) is 2.96. The Hall–Kier alpha value is -2.65. The van der Waals surface area contributed by atoms with Gasteiger partial charge in [0.05, 0.1) is 13.1 Å². The van der Waals surface area contributed by atoms with Crippen LogP contribution >= 0.6 is 47.0 Å². The first-order chi connectivity index (χ1) is 15.4. The second kappa shape index (κ2) is 9.87. The zero-order chi connectivity index (χ0) is 22.7. The van der Waals surface area contributed by atoms with Gasteiger partial charge in [-0.1, -0.05) is 53.0 Å². The predicted molar refractivity (Wildman–Crippen MR) is 130 cm³/mol. The van der Waals surface area contributed by atoms with Gasteiger partial charge in [-0.3, -0.25) is 9.36 Å². The molecule has 0 atom stereocenters. The van der Waals surface area contributed by atoms with Crippen molar-refractivity contribution in [3.05, 3.63) is 92.9 Å². The SMILES string of the molecule is Fc1ccc(Cn2cc(Cl)c(NC(=S)Nc3ccn(Cc4c(Cl)cccc4Cl)n3)n2)cc1. The summed E-state index contributed by atoms with van der Waals surface area (Å²) in [6.45, 7) is 0.858. The molecule has 0 fully saturated rings. The van der Waals surface area contributed by atoms with Crippen LogP contribution in [0.3, 0.4) is 0 Å². The molecule has 0 amide bonds. The second-order valence-corrected chi connectivity index (χ2v) is 8.46. The zero-order valence-corrected chi connectivity index (χ0v) is 19.5.